The van der Waals surface area contributed by atoms with Gasteiger partial charge in [0.05, 0.1) is 12.8 Å². The third kappa shape index (κ3) is 3.58. The first-order valence-electron chi connectivity index (χ1n) is 9.35. The molecule has 1 aromatic heterocycles. The van der Waals surface area contributed by atoms with E-state index in [9.17, 15) is 9.59 Å². The number of ether oxygens (including phenoxy) is 1. The molecule has 1 N–H and O–H groups in total. The molecule has 4 rings (SSSR count). The van der Waals surface area contributed by atoms with Crippen molar-refractivity contribution in [1.82, 2.24) is 5.32 Å². The first-order chi connectivity index (χ1) is 13.7. The molecule has 144 valence electrons. The van der Waals surface area contributed by atoms with Crippen LogP contribution in [-0.4, -0.2) is 32.7 Å². The predicted octanol–water partition coefficient (Wildman–Crippen LogP) is 3.06. The van der Waals surface area contributed by atoms with Crippen molar-refractivity contribution in [2.75, 3.05) is 31.6 Å². The molecule has 1 saturated heterocycles. The van der Waals surface area contributed by atoms with E-state index in [-0.39, 0.29) is 5.56 Å². The van der Waals surface area contributed by atoms with Crippen molar-refractivity contribution in [1.29, 1.82) is 0 Å². The van der Waals surface area contributed by atoms with Gasteiger partial charge < -0.3 is 19.4 Å². The molecule has 0 unspecified atom stereocenters. The van der Waals surface area contributed by atoms with Crippen molar-refractivity contribution < 1.29 is 13.9 Å². The molecule has 1 aliphatic rings. The number of amides is 1. The van der Waals surface area contributed by atoms with Gasteiger partial charge in [0.25, 0.3) is 5.91 Å². The smallest absolute Gasteiger partial charge is 0.349 e. The van der Waals surface area contributed by atoms with E-state index in [0.29, 0.717) is 18.0 Å². The Bertz CT molecular complexity index is 1060. The van der Waals surface area contributed by atoms with Gasteiger partial charge in [-0.1, -0.05) is 30.3 Å². The van der Waals surface area contributed by atoms with E-state index in [1.165, 1.54) is 0 Å². The third-order valence-electron chi connectivity index (χ3n) is 5.15. The van der Waals surface area contributed by atoms with Crippen LogP contribution in [0.4, 0.5) is 5.69 Å². The van der Waals surface area contributed by atoms with Crippen LogP contribution in [0, 0.1) is 5.92 Å². The highest BCUT2D eigenvalue weighted by Crippen LogP contribution is 2.31. The molecule has 6 heteroatoms. The minimum atomic E-state index is -0.613. The zero-order valence-electron chi connectivity index (χ0n) is 15.7. The lowest BCUT2D eigenvalue weighted by Gasteiger charge is -2.21. The van der Waals surface area contributed by atoms with Gasteiger partial charge in [0, 0.05) is 25.0 Å². The summed E-state index contributed by atoms with van der Waals surface area (Å²) in [5.74, 6) is 0.762. The minimum Gasteiger partial charge on any atom is -0.495 e. The minimum absolute atomic E-state index is 0.0401. The Morgan fingerprint density at radius 3 is 2.86 bits per heavy atom. The Hall–Kier alpha value is -3.28. The Kier molecular flexibility index (Phi) is 5.02. The van der Waals surface area contributed by atoms with E-state index in [1.807, 2.05) is 36.4 Å². The van der Waals surface area contributed by atoms with Crippen LogP contribution in [0.5, 0.6) is 5.75 Å². The number of benzene rings is 2. The molecule has 2 heterocycles. The first-order valence-corrected chi connectivity index (χ1v) is 9.35. The fourth-order valence-electron chi connectivity index (χ4n) is 3.66. The maximum atomic E-state index is 12.5. The van der Waals surface area contributed by atoms with Crippen molar-refractivity contribution in [3.05, 3.63) is 70.6 Å². The summed E-state index contributed by atoms with van der Waals surface area (Å²) in [6.07, 6.45) is 0.963. The second kappa shape index (κ2) is 7.76. The first kappa shape index (κ1) is 18.1. The molecule has 28 heavy (non-hydrogen) atoms. The molecule has 6 nitrogen and oxygen atoms in total. The lowest BCUT2D eigenvalue weighted by atomic mass is 10.1. The Morgan fingerprint density at radius 2 is 2.00 bits per heavy atom. The largest absolute Gasteiger partial charge is 0.495 e. The van der Waals surface area contributed by atoms with Crippen molar-refractivity contribution in [2.24, 2.45) is 5.92 Å². The number of hydrogen-bond acceptors (Lipinski definition) is 5. The molecule has 1 atom stereocenters. The standard InChI is InChI=1S/C22H22N2O4/c1-27-20-9-5-3-7-18(20)24-11-10-15(14-24)13-23-21(25)17-12-16-6-2-4-8-19(16)28-22(17)26/h2-9,12,15H,10-11,13-14H2,1H3,(H,23,25)/t15-/m0/s1. The fourth-order valence-corrected chi connectivity index (χ4v) is 3.66. The van der Waals surface area contributed by atoms with Crippen molar-refractivity contribution in [3.8, 4) is 5.75 Å². The number of rotatable bonds is 5. The summed E-state index contributed by atoms with van der Waals surface area (Å²) in [5, 5.41) is 3.62. The molecule has 3 aromatic rings. The molecule has 1 aliphatic heterocycles. The van der Waals surface area contributed by atoms with Gasteiger partial charge in [0.1, 0.15) is 16.9 Å². The molecule has 2 aromatic carbocycles. The maximum Gasteiger partial charge on any atom is 0.349 e. The molecular formula is C22H22N2O4. The van der Waals surface area contributed by atoms with Crippen LogP contribution in [-0.2, 0) is 0 Å². The van der Waals surface area contributed by atoms with Crippen molar-refractivity contribution in [2.45, 2.75) is 6.42 Å². The van der Waals surface area contributed by atoms with Gasteiger partial charge in [-0.05, 0) is 36.6 Å². The van der Waals surface area contributed by atoms with E-state index in [2.05, 4.69) is 10.2 Å². The van der Waals surface area contributed by atoms with E-state index < -0.39 is 11.5 Å². The zero-order valence-corrected chi connectivity index (χ0v) is 15.7. The highest BCUT2D eigenvalue weighted by atomic mass is 16.5. The number of fused-ring (bicyclic) bond motifs is 1. The topological polar surface area (TPSA) is 71.8 Å². The van der Waals surface area contributed by atoms with Crippen LogP contribution in [0.1, 0.15) is 16.8 Å². The van der Waals surface area contributed by atoms with Gasteiger partial charge in [0.15, 0.2) is 0 Å². The summed E-state index contributed by atoms with van der Waals surface area (Å²) < 4.78 is 10.7. The normalized spacial score (nSPS) is 16.3. The van der Waals surface area contributed by atoms with Gasteiger partial charge in [-0.25, -0.2) is 4.79 Å². The van der Waals surface area contributed by atoms with E-state index in [0.717, 1.165) is 36.3 Å². The SMILES string of the molecule is COc1ccccc1N1CC[C@@H](CNC(=O)c2cc3ccccc3oc2=O)C1. The third-order valence-corrected chi connectivity index (χ3v) is 5.15. The van der Waals surface area contributed by atoms with Crippen molar-refractivity contribution >= 4 is 22.6 Å². The van der Waals surface area contributed by atoms with Gasteiger partial charge in [0.2, 0.25) is 0 Å². The number of methoxy groups -OCH3 is 1. The number of nitrogens with zero attached hydrogens (tertiary/aromatic N) is 1. The van der Waals surface area contributed by atoms with Gasteiger partial charge in [-0.2, -0.15) is 0 Å². The van der Waals surface area contributed by atoms with Crippen LogP contribution < -0.4 is 20.6 Å². The molecule has 0 bridgehead atoms. The molecule has 1 fully saturated rings. The van der Waals surface area contributed by atoms with Crippen LogP contribution in [0.3, 0.4) is 0 Å². The van der Waals surface area contributed by atoms with Crippen molar-refractivity contribution in [3.63, 3.8) is 0 Å². The summed E-state index contributed by atoms with van der Waals surface area (Å²) in [7, 11) is 1.67. The number of para-hydroxylation sites is 3. The number of anilines is 1. The maximum absolute atomic E-state index is 12.5. The summed E-state index contributed by atoms with van der Waals surface area (Å²) in [5.41, 5.74) is 0.970. The summed E-state index contributed by atoms with van der Waals surface area (Å²) in [6.45, 7) is 2.24. The highest BCUT2D eigenvalue weighted by molar-refractivity contribution is 5.96. The van der Waals surface area contributed by atoms with Crippen LogP contribution in [0.15, 0.2) is 63.8 Å². The summed E-state index contributed by atoms with van der Waals surface area (Å²) in [6, 6.07) is 16.7. The van der Waals surface area contributed by atoms with E-state index in [4.69, 9.17) is 9.15 Å². The molecule has 0 radical (unpaired) electrons. The lowest BCUT2D eigenvalue weighted by molar-refractivity contribution is 0.0944. The molecule has 0 aliphatic carbocycles. The second-order valence-electron chi connectivity index (χ2n) is 6.97. The molecule has 1 amide bonds. The number of carbonyl (C=O) groups is 1. The van der Waals surface area contributed by atoms with Crippen LogP contribution in [0.2, 0.25) is 0 Å². The number of nitrogens with one attached hydrogen (secondary N) is 1. The average molecular weight is 378 g/mol. The van der Waals surface area contributed by atoms with E-state index in [1.54, 1.807) is 25.3 Å². The summed E-state index contributed by atoms with van der Waals surface area (Å²) in [4.78, 5) is 26.9. The number of carbonyl (C=O) groups excluding carboxylic acids is 1. The number of hydrogen-bond donors (Lipinski definition) is 1. The quantitative estimate of drug-likeness (QED) is 0.691. The Balaban J connectivity index is 1.41. The van der Waals surface area contributed by atoms with Crippen LogP contribution in [0.25, 0.3) is 11.0 Å². The highest BCUT2D eigenvalue weighted by Gasteiger charge is 2.25. The van der Waals surface area contributed by atoms with Gasteiger partial charge in [-0.15, -0.1) is 0 Å². The Morgan fingerprint density at radius 1 is 1.21 bits per heavy atom. The van der Waals surface area contributed by atoms with E-state index >= 15 is 0 Å². The predicted molar refractivity (Wildman–Crippen MR) is 108 cm³/mol. The molecule has 0 saturated carbocycles. The van der Waals surface area contributed by atoms with Crippen LogP contribution >= 0.6 is 0 Å². The average Bonchev–Trinajstić information content (AvgIpc) is 3.20. The molecule has 0 spiro atoms. The van der Waals surface area contributed by atoms with Gasteiger partial charge >= 0.3 is 5.63 Å². The van der Waals surface area contributed by atoms with Gasteiger partial charge in [-0.3, -0.25) is 4.79 Å². The monoisotopic (exact) mass is 378 g/mol. The lowest BCUT2D eigenvalue weighted by Crippen LogP contribution is -2.33. The second-order valence-corrected chi connectivity index (χ2v) is 6.97. The fraction of sp³-hybridized carbons (Fsp3) is 0.273. The summed E-state index contributed by atoms with van der Waals surface area (Å²) >= 11 is 0. The molecular weight excluding hydrogens is 356 g/mol. The zero-order chi connectivity index (χ0) is 19.5. The Labute approximate surface area is 162 Å².